The molecule has 176 valence electrons. The number of sulfone groups is 1. The van der Waals surface area contributed by atoms with E-state index < -0.39 is 15.4 Å². The molecule has 0 spiro atoms. The van der Waals surface area contributed by atoms with Gasteiger partial charge in [0.1, 0.15) is 5.52 Å². The summed E-state index contributed by atoms with van der Waals surface area (Å²) < 4.78 is 27.0. The summed E-state index contributed by atoms with van der Waals surface area (Å²) in [5.41, 5.74) is 0.986. The standard InChI is InChI=1S/C25H30N2O4S2/c1-17(2)15-25(29)11-13-27(14-12-25)24(28)20-9-7-19(8-10-20)16-33(30,31)22-6-4-5-21-23(22)26-18(3)32-21/h4-10,17,29H,11-16H2,1-3H3. The molecule has 1 amide bonds. The highest BCUT2D eigenvalue weighted by atomic mass is 32.2. The average Bonchev–Trinajstić information content (AvgIpc) is 3.13. The fourth-order valence-corrected chi connectivity index (χ4v) is 7.04. The van der Waals surface area contributed by atoms with Crippen molar-refractivity contribution in [3.63, 3.8) is 0 Å². The summed E-state index contributed by atoms with van der Waals surface area (Å²) in [7, 11) is -3.58. The molecular formula is C25H30N2O4S2. The Morgan fingerprint density at radius 1 is 1.15 bits per heavy atom. The van der Waals surface area contributed by atoms with Crippen molar-refractivity contribution < 1.29 is 18.3 Å². The Labute approximate surface area is 199 Å². The van der Waals surface area contributed by atoms with Gasteiger partial charge in [-0.25, -0.2) is 13.4 Å². The van der Waals surface area contributed by atoms with Gasteiger partial charge in [0.2, 0.25) is 0 Å². The number of para-hydroxylation sites is 1. The number of likely N-dealkylation sites (tertiary alicyclic amines) is 1. The van der Waals surface area contributed by atoms with E-state index in [4.69, 9.17) is 0 Å². The predicted molar refractivity (Wildman–Crippen MR) is 131 cm³/mol. The molecule has 0 bridgehead atoms. The number of nitrogens with zero attached hydrogens (tertiary/aromatic N) is 2. The zero-order chi connectivity index (χ0) is 23.8. The van der Waals surface area contributed by atoms with E-state index in [1.807, 2.05) is 13.0 Å². The minimum atomic E-state index is -3.58. The molecule has 8 heteroatoms. The van der Waals surface area contributed by atoms with Crippen LogP contribution in [0.3, 0.4) is 0 Å². The number of hydrogen-bond acceptors (Lipinski definition) is 6. The first-order chi connectivity index (χ1) is 15.6. The van der Waals surface area contributed by atoms with Crippen LogP contribution in [0.15, 0.2) is 47.4 Å². The van der Waals surface area contributed by atoms with Crippen molar-refractivity contribution in [1.29, 1.82) is 0 Å². The number of aromatic nitrogens is 1. The number of fused-ring (bicyclic) bond motifs is 1. The van der Waals surface area contributed by atoms with Crippen molar-refractivity contribution in [1.82, 2.24) is 9.88 Å². The van der Waals surface area contributed by atoms with Crippen LogP contribution in [0.4, 0.5) is 0 Å². The molecule has 1 aromatic heterocycles. The molecule has 0 atom stereocenters. The third-order valence-electron chi connectivity index (χ3n) is 6.15. The van der Waals surface area contributed by atoms with Gasteiger partial charge in [-0.2, -0.15) is 0 Å². The van der Waals surface area contributed by atoms with E-state index in [0.29, 0.717) is 48.5 Å². The lowest BCUT2D eigenvalue weighted by molar-refractivity contribution is -0.0311. The highest BCUT2D eigenvalue weighted by molar-refractivity contribution is 7.90. The maximum absolute atomic E-state index is 13.1. The van der Waals surface area contributed by atoms with Gasteiger partial charge in [-0.15, -0.1) is 11.3 Å². The van der Waals surface area contributed by atoms with E-state index in [-0.39, 0.29) is 16.6 Å². The lowest BCUT2D eigenvalue weighted by atomic mass is 9.84. The Kier molecular flexibility index (Phi) is 6.62. The van der Waals surface area contributed by atoms with Gasteiger partial charge in [0.15, 0.2) is 9.84 Å². The first kappa shape index (κ1) is 23.9. The first-order valence-corrected chi connectivity index (χ1v) is 13.7. The van der Waals surface area contributed by atoms with Crippen LogP contribution in [0.25, 0.3) is 10.2 Å². The van der Waals surface area contributed by atoms with Crippen molar-refractivity contribution in [2.45, 2.75) is 56.3 Å². The number of carbonyl (C=O) groups excluding carboxylic acids is 1. The average molecular weight is 487 g/mol. The minimum Gasteiger partial charge on any atom is -0.390 e. The molecule has 2 heterocycles. The maximum atomic E-state index is 13.1. The predicted octanol–water partition coefficient (Wildman–Crippen LogP) is 4.59. The minimum absolute atomic E-state index is 0.0845. The van der Waals surface area contributed by atoms with E-state index >= 15 is 0 Å². The van der Waals surface area contributed by atoms with Crippen LogP contribution in [0.5, 0.6) is 0 Å². The Bertz CT molecular complexity index is 1260. The molecule has 33 heavy (non-hydrogen) atoms. The third kappa shape index (κ3) is 5.28. The zero-order valence-electron chi connectivity index (χ0n) is 19.2. The number of thiazole rings is 1. The van der Waals surface area contributed by atoms with Gasteiger partial charge < -0.3 is 10.0 Å². The fourth-order valence-electron chi connectivity index (χ4n) is 4.60. The smallest absolute Gasteiger partial charge is 0.253 e. The summed E-state index contributed by atoms with van der Waals surface area (Å²) >= 11 is 1.48. The Morgan fingerprint density at radius 3 is 2.45 bits per heavy atom. The van der Waals surface area contributed by atoms with Crippen molar-refractivity contribution in [3.05, 3.63) is 58.6 Å². The lowest BCUT2D eigenvalue weighted by Gasteiger charge is -2.39. The van der Waals surface area contributed by atoms with Gasteiger partial charge in [0.25, 0.3) is 5.91 Å². The SMILES string of the molecule is Cc1nc2c(S(=O)(=O)Cc3ccc(C(=O)N4CCC(O)(CC(C)C)CC4)cc3)cccc2s1. The number of aliphatic hydroxyl groups is 1. The van der Waals surface area contributed by atoms with Crippen LogP contribution in [0.2, 0.25) is 0 Å². The second-order valence-corrected chi connectivity index (χ2v) is 12.6. The molecule has 1 fully saturated rings. The number of hydrogen-bond donors (Lipinski definition) is 1. The number of carbonyl (C=O) groups is 1. The molecule has 6 nitrogen and oxygen atoms in total. The van der Waals surface area contributed by atoms with Crippen LogP contribution in [-0.2, 0) is 15.6 Å². The Morgan fingerprint density at radius 2 is 1.82 bits per heavy atom. The summed E-state index contributed by atoms with van der Waals surface area (Å²) in [6.07, 6.45) is 1.90. The molecule has 1 N–H and O–H groups in total. The van der Waals surface area contributed by atoms with Crippen LogP contribution in [0.1, 0.15) is 54.0 Å². The van der Waals surface area contributed by atoms with Crippen molar-refractivity contribution in [2.75, 3.05) is 13.1 Å². The molecule has 4 rings (SSSR count). The normalized spacial score (nSPS) is 16.5. The number of aryl methyl sites for hydroxylation is 1. The van der Waals surface area contributed by atoms with E-state index in [9.17, 15) is 18.3 Å². The maximum Gasteiger partial charge on any atom is 0.253 e. The second kappa shape index (κ2) is 9.16. The summed E-state index contributed by atoms with van der Waals surface area (Å²) in [5.74, 6) is 0.176. The van der Waals surface area contributed by atoms with E-state index in [0.717, 1.165) is 16.1 Å². The summed E-state index contributed by atoms with van der Waals surface area (Å²) in [5, 5.41) is 11.5. The number of rotatable bonds is 6. The van der Waals surface area contributed by atoms with E-state index in [2.05, 4.69) is 18.8 Å². The Balaban J connectivity index is 1.45. The number of benzene rings is 2. The van der Waals surface area contributed by atoms with Crippen LogP contribution < -0.4 is 0 Å². The second-order valence-electron chi connectivity index (χ2n) is 9.41. The van der Waals surface area contributed by atoms with Crippen molar-refractivity contribution in [2.24, 2.45) is 5.92 Å². The van der Waals surface area contributed by atoms with Crippen molar-refractivity contribution in [3.8, 4) is 0 Å². The number of piperidine rings is 1. The van der Waals surface area contributed by atoms with Crippen molar-refractivity contribution >= 4 is 37.3 Å². The highest BCUT2D eigenvalue weighted by Crippen LogP contribution is 2.31. The Hall–Kier alpha value is -2.29. The third-order valence-corrected chi connectivity index (χ3v) is 8.80. The summed E-state index contributed by atoms with van der Waals surface area (Å²) in [6.45, 7) is 7.10. The van der Waals surface area contributed by atoms with E-state index in [1.54, 1.807) is 41.3 Å². The molecule has 0 radical (unpaired) electrons. The molecule has 1 aliphatic rings. The summed E-state index contributed by atoms with van der Waals surface area (Å²) in [6, 6.07) is 12.0. The molecule has 0 saturated carbocycles. The number of amides is 1. The summed E-state index contributed by atoms with van der Waals surface area (Å²) in [4.78, 5) is 19.3. The van der Waals surface area contributed by atoms with E-state index in [1.165, 1.54) is 11.3 Å². The van der Waals surface area contributed by atoms with Gasteiger partial charge in [-0.1, -0.05) is 32.0 Å². The molecule has 3 aromatic rings. The van der Waals surface area contributed by atoms with Crippen LogP contribution in [0, 0.1) is 12.8 Å². The van der Waals surface area contributed by atoms with Crippen LogP contribution >= 0.6 is 11.3 Å². The monoisotopic (exact) mass is 486 g/mol. The fraction of sp³-hybridized carbons (Fsp3) is 0.440. The molecular weight excluding hydrogens is 456 g/mol. The topological polar surface area (TPSA) is 87.6 Å². The molecule has 1 aliphatic heterocycles. The van der Waals surface area contributed by atoms with Gasteiger partial charge in [-0.3, -0.25) is 4.79 Å². The van der Waals surface area contributed by atoms with Gasteiger partial charge in [0.05, 0.1) is 26.0 Å². The van der Waals surface area contributed by atoms with Gasteiger partial charge in [0, 0.05) is 18.7 Å². The first-order valence-electron chi connectivity index (χ1n) is 11.3. The highest BCUT2D eigenvalue weighted by Gasteiger charge is 2.34. The lowest BCUT2D eigenvalue weighted by Crippen LogP contribution is -2.47. The quantitative estimate of drug-likeness (QED) is 0.551. The van der Waals surface area contributed by atoms with Crippen LogP contribution in [-0.4, -0.2) is 48.0 Å². The van der Waals surface area contributed by atoms with Gasteiger partial charge >= 0.3 is 0 Å². The molecule has 0 unspecified atom stereocenters. The zero-order valence-corrected chi connectivity index (χ0v) is 20.9. The molecule has 1 saturated heterocycles. The molecule has 2 aromatic carbocycles. The molecule has 0 aliphatic carbocycles. The largest absolute Gasteiger partial charge is 0.390 e. The van der Waals surface area contributed by atoms with Gasteiger partial charge in [-0.05, 0) is 61.9 Å².